The van der Waals surface area contributed by atoms with E-state index in [1.54, 1.807) is 4.90 Å². The number of nitrogens with zero attached hydrogens (tertiary/aromatic N) is 2. The molecule has 0 radical (unpaired) electrons. The maximum atomic E-state index is 12.2. The fraction of sp³-hybridized carbons (Fsp3) is 0.632. The smallest absolute Gasteiger partial charge is 0.410 e. The normalized spacial score (nSPS) is 18.7. The van der Waals surface area contributed by atoms with Gasteiger partial charge in [0.1, 0.15) is 5.75 Å². The minimum Gasteiger partial charge on any atom is -0.410 e. The molecule has 1 heterocycles. The van der Waals surface area contributed by atoms with Crippen molar-refractivity contribution < 1.29 is 9.53 Å². The van der Waals surface area contributed by atoms with Gasteiger partial charge in [0.25, 0.3) is 0 Å². The summed E-state index contributed by atoms with van der Waals surface area (Å²) < 4.78 is 5.63. The van der Waals surface area contributed by atoms with E-state index in [1.165, 1.54) is 25.8 Å². The first-order chi connectivity index (χ1) is 11.2. The average Bonchev–Trinajstić information content (AvgIpc) is 2.56. The number of para-hydroxylation sites is 1. The van der Waals surface area contributed by atoms with Gasteiger partial charge < -0.3 is 14.5 Å². The van der Waals surface area contributed by atoms with E-state index in [-0.39, 0.29) is 6.09 Å². The van der Waals surface area contributed by atoms with E-state index >= 15 is 0 Å². The van der Waals surface area contributed by atoms with Crippen molar-refractivity contribution in [2.75, 3.05) is 26.7 Å². The van der Waals surface area contributed by atoms with E-state index < -0.39 is 0 Å². The molecule has 4 heteroatoms. The Labute approximate surface area is 140 Å². The Hall–Kier alpha value is -1.55. The van der Waals surface area contributed by atoms with Crippen LogP contribution in [0, 0.1) is 0 Å². The molecule has 23 heavy (non-hydrogen) atoms. The minimum absolute atomic E-state index is 0.253. The molecule has 0 aliphatic carbocycles. The molecule has 0 spiro atoms. The monoisotopic (exact) mass is 318 g/mol. The van der Waals surface area contributed by atoms with Gasteiger partial charge in [-0.25, -0.2) is 4.79 Å². The SMILES string of the molecule is CCN(CC)C(=O)Oc1ccccc1CCC1CCCCN1C. The predicted molar refractivity (Wildman–Crippen MR) is 94.0 cm³/mol. The number of carbonyl (C=O) groups is 1. The van der Waals surface area contributed by atoms with Crippen LogP contribution >= 0.6 is 0 Å². The zero-order valence-corrected chi connectivity index (χ0v) is 14.8. The Morgan fingerprint density at radius 3 is 2.70 bits per heavy atom. The van der Waals surface area contributed by atoms with Crippen molar-refractivity contribution in [1.29, 1.82) is 0 Å². The van der Waals surface area contributed by atoms with Crippen molar-refractivity contribution in [3.63, 3.8) is 0 Å². The molecule has 1 fully saturated rings. The number of benzene rings is 1. The predicted octanol–water partition coefficient (Wildman–Crippen LogP) is 3.94. The topological polar surface area (TPSA) is 32.8 Å². The summed E-state index contributed by atoms with van der Waals surface area (Å²) in [4.78, 5) is 16.3. The molecule has 1 aromatic carbocycles. The van der Waals surface area contributed by atoms with Crippen molar-refractivity contribution in [1.82, 2.24) is 9.80 Å². The summed E-state index contributed by atoms with van der Waals surface area (Å²) in [6.07, 6.45) is 5.74. The highest BCUT2D eigenvalue weighted by molar-refractivity contribution is 5.71. The van der Waals surface area contributed by atoms with Crippen LogP contribution in [0.1, 0.15) is 45.1 Å². The lowest BCUT2D eigenvalue weighted by atomic mass is 9.96. The first-order valence-corrected chi connectivity index (χ1v) is 8.90. The Morgan fingerprint density at radius 1 is 1.26 bits per heavy atom. The highest BCUT2D eigenvalue weighted by Crippen LogP contribution is 2.24. The van der Waals surface area contributed by atoms with E-state index in [4.69, 9.17) is 4.74 Å². The van der Waals surface area contributed by atoms with Crippen LogP contribution in [0.3, 0.4) is 0 Å². The number of carbonyl (C=O) groups excluding carboxylic acids is 1. The fourth-order valence-corrected chi connectivity index (χ4v) is 3.28. The fourth-order valence-electron chi connectivity index (χ4n) is 3.28. The second-order valence-corrected chi connectivity index (χ2v) is 6.32. The van der Waals surface area contributed by atoms with Crippen molar-refractivity contribution in [2.24, 2.45) is 0 Å². The number of aryl methyl sites for hydroxylation is 1. The molecule has 0 aromatic heterocycles. The third-order valence-electron chi connectivity index (χ3n) is 4.86. The Morgan fingerprint density at radius 2 is 2.00 bits per heavy atom. The number of hydrogen-bond donors (Lipinski definition) is 0. The largest absolute Gasteiger partial charge is 0.415 e. The van der Waals surface area contributed by atoms with E-state index in [0.717, 1.165) is 18.4 Å². The van der Waals surface area contributed by atoms with E-state index in [9.17, 15) is 4.79 Å². The summed E-state index contributed by atoms with van der Waals surface area (Å²) in [6, 6.07) is 8.58. The molecule has 1 aromatic rings. The lowest BCUT2D eigenvalue weighted by Gasteiger charge is -2.32. The van der Waals surface area contributed by atoms with Crippen LogP contribution in [0.15, 0.2) is 24.3 Å². The molecule has 1 unspecified atom stereocenters. The van der Waals surface area contributed by atoms with E-state index in [2.05, 4.69) is 18.0 Å². The van der Waals surface area contributed by atoms with E-state index in [1.807, 2.05) is 32.0 Å². The first kappa shape index (κ1) is 17.8. The van der Waals surface area contributed by atoms with Gasteiger partial charge in [-0.2, -0.15) is 0 Å². The molecule has 1 saturated heterocycles. The molecule has 2 rings (SSSR count). The van der Waals surface area contributed by atoms with Gasteiger partial charge in [-0.05, 0) is 64.8 Å². The van der Waals surface area contributed by atoms with Gasteiger partial charge in [-0.3, -0.25) is 0 Å². The van der Waals surface area contributed by atoms with Crippen LogP contribution < -0.4 is 4.74 Å². The summed E-state index contributed by atoms with van der Waals surface area (Å²) in [5, 5.41) is 0. The molecular weight excluding hydrogens is 288 g/mol. The molecular formula is C19H30N2O2. The number of rotatable bonds is 6. The molecule has 1 aliphatic heterocycles. The molecule has 0 bridgehead atoms. The summed E-state index contributed by atoms with van der Waals surface area (Å²) >= 11 is 0. The van der Waals surface area contributed by atoms with Gasteiger partial charge in [0, 0.05) is 19.1 Å². The maximum absolute atomic E-state index is 12.2. The number of amides is 1. The van der Waals surface area contributed by atoms with Crippen molar-refractivity contribution in [2.45, 2.75) is 52.0 Å². The lowest BCUT2D eigenvalue weighted by molar-refractivity contribution is 0.156. The van der Waals surface area contributed by atoms with Crippen molar-refractivity contribution in [3.05, 3.63) is 29.8 Å². The summed E-state index contributed by atoms with van der Waals surface area (Å²) in [6.45, 7) is 6.48. The molecule has 1 atom stereocenters. The van der Waals surface area contributed by atoms with Gasteiger partial charge in [-0.1, -0.05) is 24.6 Å². The Balaban J connectivity index is 1.98. The standard InChI is InChI=1S/C19H30N2O2/c1-4-21(5-2)19(22)23-18-12-7-6-10-16(18)13-14-17-11-8-9-15-20(17)3/h6-7,10,12,17H,4-5,8-9,11,13-15H2,1-3H3. The third kappa shape index (κ3) is 4.96. The molecule has 0 N–H and O–H groups in total. The van der Waals surface area contributed by atoms with Crippen LogP contribution in [0.2, 0.25) is 0 Å². The van der Waals surface area contributed by atoms with Gasteiger partial charge in [0.2, 0.25) is 0 Å². The van der Waals surface area contributed by atoms with Gasteiger partial charge in [0.15, 0.2) is 0 Å². The Bertz CT molecular complexity index is 500. The average molecular weight is 318 g/mol. The Kier molecular flexibility index (Phi) is 6.90. The zero-order chi connectivity index (χ0) is 16.7. The highest BCUT2D eigenvalue weighted by atomic mass is 16.6. The van der Waals surface area contributed by atoms with Gasteiger partial charge in [-0.15, -0.1) is 0 Å². The molecule has 128 valence electrons. The third-order valence-corrected chi connectivity index (χ3v) is 4.86. The molecule has 4 nitrogen and oxygen atoms in total. The quantitative estimate of drug-likeness (QED) is 0.796. The van der Waals surface area contributed by atoms with Crippen LogP contribution in [0.25, 0.3) is 0 Å². The first-order valence-electron chi connectivity index (χ1n) is 8.90. The zero-order valence-electron chi connectivity index (χ0n) is 14.8. The summed E-state index contributed by atoms with van der Waals surface area (Å²) in [5.74, 6) is 0.711. The summed E-state index contributed by atoms with van der Waals surface area (Å²) in [7, 11) is 2.22. The molecule has 1 amide bonds. The van der Waals surface area contributed by atoms with Crippen molar-refractivity contribution in [3.8, 4) is 5.75 Å². The van der Waals surface area contributed by atoms with E-state index in [0.29, 0.717) is 24.9 Å². The van der Waals surface area contributed by atoms with Crippen molar-refractivity contribution >= 4 is 6.09 Å². The lowest BCUT2D eigenvalue weighted by Crippen LogP contribution is -2.36. The van der Waals surface area contributed by atoms with Gasteiger partial charge >= 0.3 is 6.09 Å². The minimum atomic E-state index is -0.253. The number of likely N-dealkylation sites (tertiary alicyclic amines) is 1. The van der Waals surface area contributed by atoms with Crippen LogP contribution in [0.5, 0.6) is 5.75 Å². The van der Waals surface area contributed by atoms with Crippen LogP contribution in [0.4, 0.5) is 4.79 Å². The van der Waals surface area contributed by atoms with Crippen LogP contribution in [-0.2, 0) is 6.42 Å². The molecule has 0 saturated carbocycles. The number of hydrogen-bond acceptors (Lipinski definition) is 3. The summed E-state index contributed by atoms with van der Waals surface area (Å²) in [5.41, 5.74) is 1.13. The second-order valence-electron chi connectivity index (χ2n) is 6.32. The number of piperidine rings is 1. The molecule has 1 aliphatic rings. The second kappa shape index (κ2) is 8.92. The maximum Gasteiger partial charge on any atom is 0.415 e. The number of ether oxygens (including phenoxy) is 1. The van der Waals surface area contributed by atoms with Gasteiger partial charge in [0.05, 0.1) is 0 Å². The highest BCUT2D eigenvalue weighted by Gasteiger charge is 2.20. The van der Waals surface area contributed by atoms with Crippen LogP contribution in [-0.4, -0.2) is 48.6 Å².